The van der Waals surface area contributed by atoms with Crippen LogP contribution in [0.5, 0.6) is 0 Å². The highest BCUT2D eigenvalue weighted by Gasteiger charge is 2.42. The van der Waals surface area contributed by atoms with E-state index in [2.05, 4.69) is 20.4 Å². The third kappa shape index (κ3) is 4.67. The summed E-state index contributed by atoms with van der Waals surface area (Å²) in [6, 6.07) is 0. The molecule has 0 aromatic carbocycles. The van der Waals surface area contributed by atoms with E-state index in [4.69, 9.17) is 4.74 Å². The van der Waals surface area contributed by atoms with E-state index in [1.54, 1.807) is 0 Å². The Hall–Kier alpha value is -0.790. The second-order valence-corrected chi connectivity index (χ2v) is 5.85. The van der Waals surface area contributed by atoms with Crippen molar-refractivity contribution in [3.8, 4) is 0 Å². The maximum absolute atomic E-state index is 11.7. The van der Waals surface area contributed by atoms with E-state index in [-0.39, 0.29) is 11.6 Å². The number of ether oxygens (including phenoxy) is 1. The maximum atomic E-state index is 11.7. The van der Waals surface area contributed by atoms with Crippen LogP contribution in [0.4, 0.5) is 0 Å². The molecule has 110 valence electrons. The molecule has 2 atom stereocenters. The summed E-state index contributed by atoms with van der Waals surface area (Å²) in [4.78, 5) is 11.7. The lowest BCUT2D eigenvalue weighted by molar-refractivity contribution is -0.166. The fraction of sp³-hybridized carbons (Fsp3) is 0.824. The predicted octanol–water partition coefficient (Wildman–Crippen LogP) is 5.03. The summed E-state index contributed by atoms with van der Waals surface area (Å²) in [5.41, 5.74) is -0.202. The van der Waals surface area contributed by atoms with Crippen LogP contribution in [0.1, 0.15) is 78.1 Å². The van der Waals surface area contributed by atoms with Crippen molar-refractivity contribution in [2.45, 2.75) is 83.7 Å². The van der Waals surface area contributed by atoms with Crippen LogP contribution in [-0.2, 0) is 9.53 Å². The molecule has 1 saturated carbocycles. The Morgan fingerprint density at radius 3 is 2.74 bits per heavy atom. The molecule has 19 heavy (non-hydrogen) atoms. The minimum absolute atomic E-state index is 0.202. The van der Waals surface area contributed by atoms with Crippen molar-refractivity contribution in [1.29, 1.82) is 0 Å². The van der Waals surface area contributed by atoms with E-state index in [0.29, 0.717) is 5.92 Å². The fourth-order valence-electron chi connectivity index (χ4n) is 3.47. The van der Waals surface area contributed by atoms with Crippen LogP contribution in [0.2, 0.25) is 0 Å². The van der Waals surface area contributed by atoms with Crippen LogP contribution in [-0.4, -0.2) is 11.6 Å². The van der Waals surface area contributed by atoms with Gasteiger partial charge in [-0.3, -0.25) is 0 Å². The molecular formula is C17H30O2. The van der Waals surface area contributed by atoms with E-state index >= 15 is 0 Å². The summed E-state index contributed by atoms with van der Waals surface area (Å²) in [7, 11) is 0. The number of unbranched alkanes of at least 4 members (excludes halogenated alkanes) is 3. The molecule has 0 saturated heterocycles. The van der Waals surface area contributed by atoms with Crippen LogP contribution >= 0.6 is 0 Å². The molecule has 0 aromatic heterocycles. The van der Waals surface area contributed by atoms with Crippen LogP contribution in [0.25, 0.3) is 0 Å². The number of carbonyl (C=O) groups is 1. The standard InChI is InChI=1S/C17H30O2/c1-4-7-8-10-13-17(19-16(18)6-3)14-11-9-12-15(17)5-2/h6,15H,3-5,7-14H2,1-2H3. The van der Waals surface area contributed by atoms with Gasteiger partial charge in [0.15, 0.2) is 0 Å². The third-order valence-corrected chi connectivity index (χ3v) is 4.56. The van der Waals surface area contributed by atoms with Gasteiger partial charge in [0.2, 0.25) is 0 Å². The predicted molar refractivity (Wildman–Crippen MR) is 80.0 cm³/mol. The number of carbonyl (C=O) groups excluding carboxylic acids is 1. The lowest BCUT2D eigenvalue weighted by atomic mass is 9.71. The van der Waals surface area contributed by atoms with Crippen LogP contribution in [0, 0.1) is 5.92 Å². The SMILES string of the molecule is C=CC(=O)OC1(CCCCCC)CCCCC1CC. The summed E-state index contributed by atoms with van der Waals surface area (Å²) in [5, 5.41) is 0. The average Bonchev–Trinajstić information content (AvgIpc) is 2.44. The third-order valence-electron chi connectivity index (χ3n) is 4.56. The highest BCUT2D eigenvalue weighted by Crippen LogP contribution is 2.42. The van der Waals surface area contributed by atoms with E-state index in [9.17, 15) is 4.79 Å². The van der Waals surface area contributed by atoms with E-state index in [1.165, 1.54) is 51.0 Å². The van der Waals surface area contributed by atoms with Crippen molar-refractivity contribution in [3.63, 3.8) is 0 Å². The van der Waals surface area contributed by atoms with Crippen LogP contribution in [0.15, 0.2) is 12.7 Å². The second-order valence-electron chi connectivity index (χ2n) is 5.85. The Kier molecular flexibility index (Phi) is 7.19. The molecule has 1 rings (SSSR count). The second kappa shape index (κ2) is 8.39. The first kappa shape index (κ1) is 16.3. The van der Waals surface area contributed by atoms with Gasteiger partial charge in [-0.05, 0) is 44.4 Å². The topological polar surface area (TPSA) is 26.3 Å². The van der Waals surface area contributed by atoms with Gasteiger partial charge in [-0.25, -0.2) is 4.79 Å². The Morgan fingerprint density at radius 2 is 2.11 bits per heavy atom. The summed E-state index contributed by atoms with van der Waals surface area (Å²) in [6.45, 7) is 7.99. The van der Waals surface area contributed by atoms with Gasteiger partial charge in [0.1, 0.15) is 5.60 Å². The molecule has 0 radical (unpaired) electrons. The van der Waals surface area contributed by atoms with Gasteiger partial charge in [-0.15, -0.1) is 0 Å². The molecule has 0 aliphatic heterocycles. The molecule has 2 nitrogen and oxygen atoms in total. The zero-order chi connectivity index (χ0) is 14.1. The molecule has 0 spiro atoms. The summed E-state index contributed by atoms with van der Waals surface area (Å²) in [5.74, 6) is 0.294. The summed E-state index contributed by atoms with van der Waals surface area (Å²) >= 11 is 0. The highest BCUT2D eigenvalue weighted by atomic mass is 16.6. The van der Waals surface area contributed by atoms with E-state index < -0.39 is 0 Å². The fourth-order valence-corrected chi connectivity index (χ4v) is 3.47. The molecule has 0 amide bonds. The number of hydrogen-bond donors (Lipinski definition) is 0. The Balaban J connectivity index is 2.69. The maximum Gasteiger partial charge on any atom is 0.330 e. The number of esters is 1. The molecule has 0 heterocycles. The highest BCUT2D eigenvalue weighted by molar-refractivity contribution is 5.81. The zero-order valence-electron chi connectivity index (χ0n) is 12.7. The molecule has 1 aliphatic carbocycles. The van der Waals surface area contributed by atoms with Gasteiger partial charge in [-0.2, -0.15) is 0 Å². The van der Waals surface area contributed by atoms with Crippen molar-refractivity contribution < 1.29 is 9.53 Å². The average molecular weight is 266 g/mol. The molecule has 0 aromatic rings. The van der Waals surface area contributed by atoms with Gasteiger partial charge in [0.25, 0.3) is 0 Å². The van der Waals surface area contributed by atoms with E-state index in [1.807, 2.05) is 0 Å². The first-order valence-electron chi connectivity index (χ1n) is 8.04. The first-order chi connectivity index (χ1) is 9.18. The van der Waals surface area contributed by atoms with Crippen molar-refractivity contribution in [1.82, 2.24) is 0 Å². The minimum atomic E-state index is -0.240. The van der Waals surface area contributed by atoms with Crippen molar-refractivity contribution in [2.75, 3.05) is 0 Å². The van der Waals surface area contributed by atoms with Crippen LogP contribution in [0.3, 0.4) is 0 Å². The number of hydrogen-bond acceptors (Lipinski definition) is 2. The van der Waals surface area contributed by atoms with Gasteiger partial charge in [-0.1, -0.05) is 46.1 Å². The molecule has 2 heteroatoms. The largest absolute Gasteiger partial charge is 0.456 e. The smallest absolute Gasteiger partial charge is 0.330 e. The van der Waals surface area contributed by atoms with Gasteiger partial charge in [0.05, 0.1) is 0 Å². The molecule has 0 bridgehead atoms. The quantitative estimate of drug-likeness (QED) is 0.350. The summed E-state index contributed by atoms with van der Waals surface area (Å²) in [6.07, 6.45) is 13.1. The molecule has 2 unspecified atom stereocenters. The zero-order valence-corrected chi connectivity index (χ0v) is 12.7. The molecule has 1 aliphatic rings. The van der Waals surface area contributed by atoms with Gasteiger partial charge < -0.3 is 4.74 Å². The minimum Gasteiger partial charge on any atom is -0.456 e. The first-order valence-corrected chi connectivity index (χ1v) is 8.04. The Bertz CT molecular complexity index is 285. The molecule has 0 N–H and O–H groups in total. The number of rotatable bonds is 8. The lowest BCUT2D eigenvalue weighted by Crippen LogP contribution is -2.44. The lowest BCUT2D eigenvalue weighted by Gasteiger charge is -2.43. The van der Waals surface area contributed by atoms with Gasteiger partial charge in [0, 0.05) is 6.08 Å². The van der Waals surface area contributed by atoms with Crippen LogP contribution < -0.4 is 0 Å². The molecule has 1 fully saturated rings. The van der Waals surface area contributed by atoms with Gasteiger partial charge >= 0.3 is 5.97 Å². The normalized spacial score (nSPS) is 26.9. The molecular weight excluding hydrogens is 236 g/mol. The Morgan fingerprint density at radius 1 is 1.32 bits per heavy atom. The van der Waals surface area contributed by atoms with Crippen molar-refractivity contribution in [3.05, 3.63) is 12.7 Å². The Labute approximate surface area is 118 Å². The summed E-state index contributed by atoms with van der Waals surface area (Å²) < 4.78 is 5.85. The van der Waals surface area contributed by atoms with E-state index in [0.717, 1.165) is 19.3 Å². The van der Waals surface area contributed by atoms with Crippen molar-refractivity contribution >= 4 is 5.97 Å². The monoisotopic (exact) mass is 266 g/mol. The van der Waals surface area contributed by atoms with Crippen molar-refractivity contribution in [2.24, 2.45) is 5.92 Å².